The molecule has 2 heterocycles. The Morgan fingerprint density at radius 2 is 1.88 bits per heavy atom. The number of carbonyl (C=O) groups excluding carboxylic acids is 1. The molecule has 0 atom stereocenters. The molecule has 0 spiro atoms. The van der Waals surface area contributed by atoms with Gasteiger partial charge in [0.1, 0.15) is 0 Å². The maximum absolute atomic E-state index is 12.1. The molecule has 1 aliphatic rings. The largest absolute Gasteiger partial charge is 0.454 e. The van der Waals surface area contributed by atoms with Crippen molar-refractivity contribution in [1.82, 2.24) is 5.43 Å². The molecular formula is C19H14N2O3S. The third kappa shape index (κ3) is 3.39. The summed E-state index contributed by atoms with van der Waals surface area (Å²) >= 11 is 1.61. The van der Waals surface area contributed by atoms with Gasteiger partial charge in [-0.25, -0.2) is 5.43 Å². The van der Waals surface area contributed by atoms with Crippen molar-refractivity contribution < 1.29 is 14.3 Å². The lowest BCUT2D eigenvalue weighted by Crippen LogP contribution is -2.17. The summed E-state index contributed by atoms with van der Waals surface area (Å²) in [5, 5.41) is 4.03. The van der Waals surface area contributed by atoms with E-state index in [2.05, 4.69) is 22.7 Å². The number of hydrogen-bond acceptors (Lipinski definition) is 5. The molecule has 3 aromatic rings. The Kier molecular flexibility index (Phi) is 4.18. The molecule has 0 unspecified atom stereocenters. The Morgan fingerprint density at radius 1 is 1.04 bits per heavy atom. The number of thiophene rings is 1. The molecule has 1 aromatic heterocycles. The average molecular weight is 350 g/mol. The van der Waals surface area contributed by atoms with Gasteiger partial charge in [-0.15, -0.1) is 11.3 Å². The minimum atomic E-state index is -0.297. The predicted octanol–water partition coefficient (Wildman–Crippen LogP) is 3.91. The molecular weight excluding hydrogens is 336 g/mol. The molecule has 4 rings (SSSR count). The molecule has 0 saturated heterocycles. The number of amides is 1. The molecule has 25 heavy (non-hydrogen) atoms. The fraction of sp³-hybridized carbons (Fsp3) is 0.0526. The summed E-state index contributed by atoms with van der Waals surface area (Å²) in [4.78, 5) is 14.3. The quantitative estimate of drug-likeness (QED) is 0.573. The highest BCUT2D eigenvalue weighted by Gasteiger charge is 2.15. The standard InChI is InChI=1S/C19H14N2O3S/c22-19(14-6-8-16-17(10-14)24-12-23-16)21-20-11-15-7-9-18(25-15)13-4-2-1-3-5-13/h1-11H,12H2,(H,21,22)/b20-11-. The second-order valence-electron chi connectivity index (χ2n) is 5.34. The van der Waals surface area contributed by atoms with Crippen molar-refractivity contribution >= 4 is 23.5 Å². The van der Waals surface area contributed by atoms with Gasteiger partial charge in [0.05, 0.1) is 6.21 Å². The number of hydrazone groups is 1. The third-order valence-corrected chi connectivity index (χ3v) is 4.75. The fourth-order valence-corrected chi connectivity index (χ4v) is 3.32. The van der Waals surface area contributed by atoms with Crippen LogP contribution in [0.15, 0.2) is 65.8 Å². The van der Waals surface area contributed by atoms with Crippen LogP contribution < -0.4 is 14.9 Å². The van der Waals surface area contributed by atoms with Crippen molar-refractivity contribution in [2.75, 3.05) is 6.79 Å². The fourth-order valence-electron chi connectivity index (χ4n) is 2.44. The second kappa shape index (κ2) is 6.78. The van der Waals surface area contributed by atoms with Crippen molar-refractivity contribution in [3.8, 4) is 21.9 Å². The SMILES string of the molecule is O=C(N/N=C\c1ccc(-c2ccccc2)s1)c1ccc2c(c1)OCO2. The summed E-state index contributed by atoms with van der Waals surface area (Å²) in [6.45, 7) is 0.181. The van der Waals surface area contributed by atoms with E-state index in [0.29, 0.717) is 17.1 Å². The minimum absolute atomic E-state index is 0.181. The number of fused-ring (bicyclic) bond motifs is 1. The maximum atomic E-state index is 12.1. The summed E-state index contributed by atoms with van der Waals surface area (Å²) in [7, 11) is 0. The Bertz CT molecular complexity index is 935. The van der Waals surface area contributed by atoms with Gasteiger partial charge in [0.2, 0.25) is 6.79 Å². The molecule has 5 nitrogen and oxygen atoms in total. The number of benzene rings is 2. The maximum Gasteiger partial charge on any atom is 0.271 e. The highest BCUT2D eigenvalue weighted by molar-refractivity contribution is 7.17. The number of nitrogens with one attached hydrogen (secondary N) is 1. The van der Waals surface area contributed by atoms with Gasteiger partial charge in [0, 0.05) is 15.3 Å². The second-order valence-corrected chi connectivity index (χ2v) is 6.45. The molecule has 0 fully saturated rings. The van der Waals surface area contributed by atoms with Crippen LogP contribution in [0.2, 0.25) is 0 Å². The highest BCUT2D eigenvalue weighted by atomic mass is 32.1. The Hall–Kier alpha value is -3.12. The van der Waals surface area contributed by atoms with Crippen molar-refractivity contribution in [2.45, 2.75) is 0 Å². The smallest absolute Gasteiger partial charge is 0.271 e. The van der Waals surface area contributed by atoms with Gasteiger partial charge >= 0.3 is 0 Å². The van der Waals surface area contributed by atoms with E-state index in [0.717, 1.165) is 15.3 Å². The van der Waals surface area contributed by atoms with Crippen molar-refractivity contribution in [3.05, 3.63) is 71.1 Å². The Morgan fingerprint density at radius 3 is 2.76 bits per heavy atom. The topological polar surface area (TPSA) is 59.9 Å². The lowest BCUT2D eigenvalue weighted by atomic mass is 10.2. The zero-order valence-corrected chi connectivity index (χ0v) is 14.0. The monoisotopic (exact) mass is 350 g/mol. The molecule has 1 aliphatic heterocycles. The van der Waals surface area contributed by atoms with Crippen LogP contribution in [-0.2, 0) is 0 Å². The van der Waals surface area contributed by atoms with E-state index in [1.165, 1.54) is 0 Å². The van der Waals surface area contributed by atoms with Gasteiger partial charge in [0.15, 0.2) is 11.5 Å². The molecule has 0 bridgehead atoms. The van der Waals surface area contributed by atoms with Gasteiger partial charge in [-0.3, -0.25) is 4.79 Å². The Labute approximate surface area is 148 Å². The van der Waals surface area contributed by atoms with Crippen LogP contribution in [0, 0.1) is 0 Å². The van der Waals surface area contributed by atoms with Crippen LogP contribution in [-0.4, -0.2) is 18.9 Å². The summed E-state index contributed by atoms with van der Waals surface area (Å²) in [5.41, 5.74) is 4.16. The molecule has 0 saturated carbocycles. The van der Waals surface area contributed by atoms with Crippen LogP contribution in [0.25, 0.3) is 10.4 Å². The van der Waals surface area contributed by atoms with E-state index in [-0.39, 0.29) is 12.7 Å². The first-order valence-corrected chi connectivity index (χ1v) is 8.49. The summed E-state index contributed by atoms with van der Waals surface area (Å²) in [6.07, 6.45) is 1.64. The van der Waals surface area contributed by atoms with Gasteiger partial charge in [-0.2, -0.15) is 5.10 Å². The number of nitrogens with zero attached hydrogens (tertiary/aromatic N) is 1. The van der Waals surface area contributed by atoms with Crippen LogP contribution >= 0.6 is 11.3 Å². The number of hydrogen-bond donors (Lipinski definition) is 1. The first kappa shape index (κ1) is 15.4. The van der Waals surface area contributed by atoms with Crippen LogP contribution in [0.3, 0.4) is 0 Å². The molecule has 2 aromatic carbocycles. The van der Waals surface area contributed by atoms with E-state index in [1.54, 1.807) is 35.8 Å². The van der Waals surface area contributed by atoms with Gasteiger partial charge in [-0.1, -0.05) is 30.3 Å². The third-order valence-electron chi connectivity index (χ3n) is 3.68. The molecule has 0 radical (unpaired) electrons. The van der Waals surface area contributed by atoms with Crippen LogP contribution in [0.1, 0.15) is 15.2 Å². The summed E-state index contributed by atoms with van der Waals surface area (Å²) in [6, 6.07) is 19.2. The van der Waals surface area contributed by atoms with Gasteiger partial charge in [0.25, 0.3) is 5.91 Å². The number of carbonyl (C=O) groups is 1. The van der Waals surface area contributed by atoms with Gasteiger partial charge in [-0.05, 0) is 35.9 Å². The van der Waals surface area contributed by atoms with E-state index in [4.69, 9.17) is 9.47 Å². The number of rotatable bonds is 4. The lowest BCUT2D eigenvalue weighted by Gasteiger charge is -2.01. The normalized spacial score (nSPS) is 12.5. The minimum Gasteiger partial charge on any atom is -0.454 e. The highest BCUT2D eigenvalue weighted by Crippen LogP contribution is 2.32. The summed E-state index contributed by atoms with van der Waals surface area (Å²) in [5.74, 6) is 0.920. The average Bonchev–Trinajstić information content (AvgIpc) is 3.31. The first-order chi connectivity index (χ1) is 12.3. The van der Waals surface area contributed by atoms with Crippen LogP contribution in [0.5, 0.6) is 11.5 Å². The lowest BCUT2D eigenvalue weighted by molar-refractivity contribution is 0.0954. The van der Waals surface area contributed by atoms with E-state index < -0.39 is 0 Å². The molecule has 0 aliphatic carbocycles. The van der Waals surface area contributed by atoms with E-state index in [9.17, 15) is 4.79 Å². The molecule has 1 N–H and O–H groups in total. The molecule has 6 heteroatoms. The van der Waals surface area contributed by atoms with Crippen molar-refractivity contribution in [1.29, 1.82) is 0 Å². The predicted molar refractivity (Wildman–Crippen MR) is 97.4 cm³/mol. The van der Waals surface area contributed by atoms with E-state index >= 15 is 0 Å². The van der Waals surface area contributed by atoms with Gasteiger partial charge < -0.3 is 9.47 Å². The van der Waals surface area contributed by atoms with Crippen LogP contribution in [0.4, 0.5) is 0 Å². The molecule has 124 valence electrons. The summed E-state index contributed by atoms with van der Waals surface area (Å²) < 4.78 is 10.5. The van der Waals surface area contributed by atoms with Crippen molar-refractivity contribution in [2.24, 2.45) is 5.10 Å². The first-order valence-electron chi connectivity index (χ1n) is 7.68. The Balaban J connectivity index is 1.41. The van der Waals surface area contributed by atoms with Crippen molar-refractivity contribution in [3.63, 3.8) is 0 Å². The van der Waals surface area contributed by atoms with E-state index in [1.807, 2.05) is 30.3 Å². The zero-order valence-electron chi connectivity index (χ0n) is 13.1. The molecule has 1 amide bonds. The number of ether oxygens (including phenoxy) is 2. The zero-order chi connectivity index (χ0) is 17.1.